The zero-order valence-electron chi connectivity index (χ0n) is 7.37. The van der Waals surface area contributed by atoms with E-state index in [2.05, 4.69) is 26.0 Å². The molecule has 0 aliphatic heterocycles. The van der Waals surface area contributed by atoms with Crippen LogP contribution in [0.1, 0.15) is 6.92 Å². The van der Waals surface area contributed by atoms with E-state index in [0.717, 1.165) is 0 Å². The minimum atomic E-state index is 0.383. The molecule has 0 N–H and O–H groups in total. The van der Waals surface area contributed by atoms with Crippen LogP contribution in [0, 0.1) is 0 Å². The highest BCUT2D eigenvalue weighted by Gasteiger charge is 2.08. The highest BCUT2D eigenvalue weighted by Crippen LogP contribution is 2.38. The Hall–Kier alpha value is -0.900. The molecule has 1 aromatic carbocycles. The van der Waals surface area contributed by atoms with Gasteiger partial charge in [0.1, 0.15) is 5.75 Å². The van der Waals surface area contributed by atoms with Crippen molar-refractivity contribution in [2.75, 3.05) is 6.61 Å². The number of ether oxygens (including phenoxy) is 1. The van der Waals surface area contributed by atoms with E-state index >= 15 is 0 Å². The molecule has 74 valence electrons. The average Bonchev–Trinajstić information content (AvgIpc) is 2.11. The lowest BCUT2D eigenvalue weighted by Gasteiger charge is -2.08. The Labute approximate surface area is 94.6 Å². The van der Waals surface area contributed by atoms with E-state index in [0.29, 0.717) is 27.5 Å². The summed E-state index contributed by atoms with van der Waals surface area (Å²) < 4.78 is 5.98. The number of azide groups is 1. The summed E-state index contributed by atoms with van der Waals surface area (Å²) in [6.07, 6.45) is 0. The van der Waals surface area contributed by atoms with Gasteiger partial charge in [-0.15, -0.1) is 0 Å². The third-order valence-corrected chi connectivity index (χ3v) is 2.24. The zero-order chi connectivity index (χ0) is 10.6. The summed E-state index contributed by atoms with van der Waals surface area (Å²) in [6, 6.07) is 3.24. The minimum absolute atomic E-state index is 0.383. The van der Waals surface area contributed by atoms with Crippen LogP contribution in [-0.2, 0) is 0 Å². The molecule has 0 spiro atoms. The van der Waals surface area contributed by atoms with Gasteiger partial charge < -0.3 is 4.74 Å². The van der Waals surface area contributed by atoms with Crippen molar-refractivity contribution in [1.29, 1.82) is 0 Å². The molecule has 0 saturated heterocycles. The van der Waals surface area contributed by atoms with Gasteiger partial charge in [0.2, 0.25) is 0 Å². The third-order valence-electron chi connectivity index (χ3n) is 1.43. The standard InChI is InChI=1S/C8H7BrClN3O/c1-2-14-8-6(9)3-5(10)4-7(8)12-13-11/h3-4H,2H2,1H3. The molecule has 4 nitrogen and oxygen atoms in total. The first kappa shape index (κ1) is 11.2. The van der Waals surface area contributed by atoms with Gasteiger partial charge in [-0.25, -0.2) is 0 Å². The highest BCUT2D eigenvalue weighted by molar-refractivity contribution is 9.10. The number of hydrogen-bond donors (Lipinski definition) is 0. The van der Waals surface area contributed by atoms with Crippen molar-refractivity contribution in [3.63, 3.8) is 0 Å². The highest BCUT2D eigenvalue weighted by atomic mass is 79.9. The van der Waals surface area contributed by atoms with Gasteiger partial charge in [-0.2, -0.15) is 0 Å². The molecule has 0 fully saturated rings. The van der Waals surface area contributed by atoms with Gasteiger partial charge in [0.05, 0.1) is 16.8 Å². The molecular weight excluding hydrogens is 269 g/mol. The second-order valence-electron chi connectivity index (χ2n) is 2.36. The lowest BCUT2D eigenvalue weighted by molar-refractivity contribution is 0.339. The lowest BCUT2D eigenvalue weighted by atomic mass is 10.3. The normalized spacial score (nSPS) is 9.36. The Morgan fingerprint density at radius 2 is 2.36 bits per heavy atom. The fourth-order valence-corrected chi connectivity index (χ4v) is 1.86. The number of halogens is 2. The smallest absolute Gasteiger partial charge is 0.143 e. The van der Waals surface area contributed by atoms with E-state index in [1.807, 2.05) is 6.92 Å². The SMILES string of the molecule is CCOc1c(Br)cc(Cl)cc1N=[N+]=[N-]. The predicted octanol–water partition coefficient (Wildman–Crippen LogP) is 4.44. The number of hydrogen-bond acceptors (Lipinski definition) is 2. The van der Waals surface area contributed by atoms with Gasteiger partial charge in [-0.05, 0) is 40.5 Å². The van der Waals surface area contributed by atoms with E-state index in [-0.39, 0.29) is 0 Å². The van der Waals surface area contributed by atoms with E-state index < -0.39 is 0 Å². The molecule has 6 heteroatoms. The molecule has 0 amide bonds. The maximum atomic E-state index is 8.34. The van der Waals surface area contributed by atoms with E-state index in [1.54, 1.807) is 12.1 Å². The summed E-state index contributed by atoms with van der Waals surface area (Å²) in [4.78, 5) is 2.70. The van der Waals surface area contributed by atoms with Crippen LogP contribution >= 0.6 is 27.5 Å². The Balaban J connectivity index is 3.28. The minimum Gasteiger partial charge on any atom is -0.492 e. The molecule has 0 aromatic heterocycles. The van der Waals surface area contributed by atoms with Crippen LogP contribution < -0.4 is 4.74 Å². The Kier molecular flexibility index (Phi) is 4.07. The van der Waals surface area contributed by atoms with E-state index in [4.69, 9.17) is 21.9 Å². The predicted molar refractivity (Wildman–Crippen MR) is 59.1 cm³/mol. The van der Waals surface area contributed by atoms with Gasteiger partial charge in [0.25, 0.3) is 0 Å². The van der Waals surface area contributed by atoms with Gasteiger partial charge in [-0.3, -0.25) is 0 Å². The molecule has 0 bridgehead atoms. The molecule has 0 radical (unpaired) electrons. The molecule has 0 unspecified atom stereocenters. The van der Waals surface area contributed by atoms with Crippen molar-refractivity contribution in [1.82, 2.24) is 0 Å². The van der Waals surface area contributed by atoms with Crippen LogP contribution in [0.25, 0.3) is 10.4 Å². The molecule has 0 heterocycles. The zero-order valence-corrected chi connectivity index (χ0v) is 9.71. The number of nitrogens with zero attached hydrogens (tertiary/aromatic N) is 3. The summed E-state index contributed by atoms with van der Waals surface area (Å²) in [6.45, 7) is 2.34. The quantitative estimate of drug-likeness (QED) is 0.457. The number of rotatable bonds is 3. The number of benzene rings is 1. The van der Waals surface area contributed by atoms with E-state index in [1.165, 1.54) is 0 Å². The molecule has 14 heavy (non-hydrogen) atoms. The summed E-state index contributed by atoms with van der Waals surface area (Å²) in [5.41, 5.74) is 8.72. The third kappa shape index (κ3) is 2.54. The Bertz CT molecular complexity index is 390. The molecule has 1 rings (SSSR count). The lowest BCUT2D eigenvalue weighted by Crippen LogP contribution is -1.92. The van der Waals surface area contributed by atoms with Crippen molar-refractivity contribution >= 4 is 33.2 Å². The van der Waals surface area contributed by atoms with Crippen molar-refractivity contribution in [3.8, 4) is 5.75 Å². The fraction of sp³-hybridized carbons (Fsp3) is 0.250. The van der Waals surface area contributed by atoms with Crippen molar-refractivity contribution < 1.29 is 4.74 Å². The van der Waals surface area contributed by atoms with Crippen LogP contribution in [0.3, 0.4) is 0 Å². The molecular formula is C8H7BrClN3O. The average molecular weight is 277 g/mol. The molecule has 0 atom stereocenters. The summed E-state index contributed by atoms with van der Waals surface area (Å²) in [5.74, 6) is 0.509. The van der Waals surface area contributed by atoms with Crippen LogP contribution in [0.4, 0.5) is 5.69 Å². The fourth-order valence-electron chi connectivity index (χ4n) is 0.956. The maximum absolute atomic E-state index is 8.34. The first-order valence-electron chi connectivity index (χ1n) is 3.86. The van der Waals surface area contributed by atoms with Gasteiger partial charge in [0, 0.05) is 9.93 Å². The molecule has 1 aromatic rings. The molecule has 0 aliphatic rings. The van der Waals surface area contributed by atoms with Crippen LogP contribution in [0.2, 0.25) is 5.02 Å². The molecule has 0 saturated carbocycles. The second kappa shape index (κ2) is 5.10. The first-order chi connectivity index (χ1) is 6.69. The van der Waals surface area contributed by atoms with Crippen molar-refractivity contribution in [2.24, 2.45) is 5.11 Å². The largest absolute Gasteiger partial charge is 0.492 e. The topological polar surface area (TPSA) is 58.0 Å². The summed E-state index contributed by atoms with van der Waals surface area (Å²) >= 11 is 9.07. The first-order valence-corrected chi connectivity index (χ1v) is 5.03. The molecule has 0 aliphatic carbocycles. The van der Waals surface area contributed by atoms with Gasteiger partial charge in [-0.1, -0.05) is 16.7 Å². The van der Waals surface area contributed by atoms with E-state index in [9.17, 15) is 0 Å². The van der Waals surface area contributed by atoms with Crippen LogP contribution in [-0.4, -0.2) is 6.61 Å². The Morgan fingerprint density at radius 1 is 1.64 bits per heavy atom. The van der Waals surface area contributed by atoms with Crippen molar-refractivity contribution in [3.05, 3.63) is 32.1 Å². The Morgan fingerprint density at radius 3 is 2.93 bits per heavy atom. The van der Waals surface area contributed by atoms with Crippen LogP contribution in [0.5, 0.6) is 5.75 Å². The van der Waals surface area contributed by atoms with Gasteiger partial charge in [0.15, 0.2) is 0 Å². The maximum Gasteiger partial charge on any atom is 0.143 e. The summed E-state index contributed by atoms with van der Waals surface area (Å²) in [5, 5.41) is 3.98. The van der Waals surface area contributed by atoms with Gasteiger partial charge >= 0.3 is 0 Å². The summed E-state index contributed by atoms with van der Waals surface area (Å²) in [7, 11) is 0. The monoisotopic (exact) mass is 275 g/mol. The second-order valence-corrected chi connectivity index (χ2v) is 3.65. The van der Waals surface area contributed by atoms with Crippen LogP contribution in [0.15, 0.2) is 21.7 Å². The van der Waals surface area contributed by atoms with Crippen molar-refractivity contribution in [2.45, 2.75) is 6.92 Å².